The van der Waals surface area contributed by atoms with Crippen LogP contribution >= 0.6 is 0 Å². The standard InChI is InChI=1S/C14H26N4/c1-10-14(11(2)17(4)16-10)12(3)18-7-5-6-13(8-15)9-18/h12-13H,5-9,15H2,1-4H3. The summed E-state index contributed by atoms with van der Waals surface area (Å²) in [4.78, 5) is 2.57. The molecule has 2 heterocycles. The molecule has 0 aromatic carbocycles. The van der Waals surface area contributed by atoms with E-state index in [0.717, 1.165) is 18.8 Å². The van der Waals surface area contributed by atoms with Gasteiger partial charge in [0.1, 0.15) is 0 Å². The minimum atomic E-state index is 0.452. The predicted molar refractivity (Wildman–Crippen MR) is 74.4 cm³/mol. The summed E-state index contributed by atoms with van der Waals surface area (Å²) < 4.78 is 1.99. The molecule has 0 aliphatic carbocycles. The fraction of sp³-hybridized carbons (Fsp3) is 0.786. The fourth-order valence-electron chi connectivity index (χ4n) is 3.22. The molecule has 1 aromatic rings. The van der Waals surface area contributed by atoms with Crippen molar-refractivity contribution < 1.29 is 0 Å². The lowest BCUT2D eigenvalue weighted by Gasteiger charge is -2.36. The highest BCUT2D eigenvalue weighted by Gasteiger charge is 2.26. The Bertz CT molecular complexity index is 410. The SMILES string of the molecule is Cc1nn(C)c(C)c1C(C)N1CCCC(CN)C1. The first-order valence-corrected chi connectivity index (χ1v) is 6.98. The lowest BCUT2D eigenvalue weighted by atomic mass is 9.95. The summed E-state index contributed by atoms with van der Waals surface area (Å²) in [5.74, 6) is 0.665. The molecule has 102 valence electrons. The average Bonchev–Trinajstić information content (AvgIpc) is 2.62. The summed E-state index contributed by atoms with van der Waals surface area (Å²) in [6.07, 6.45) is 2.55. The Morgan fingerprint density at radius 2 is 2.17 bits per heavy atom. The number of aryl methyl sites for hydroxylation is 2. The van der Waals surface area contributed by atoms with Gasteiger partial charge in [-0.1, -0.05) is 0 Å². The molecule has 1 aliphatic heterocycles. The Kier molecular flexibility index (Phi) is 4.07. The van der Waals surface area contributed by atoms with E-state index >= 15 is 0 Å². The molecule has 1 fully saturated rings. The summed E-state index contributed by atoms with van der Waals surface area (Å²) in [6.45, 7) is 9.71. The minimum Gasteiger partial charge on any atom is -0.330 e. The minimum absolute atomic E-state index is 0.452. The summed E-state index contributed by atoms with van der Waals surface area (Å²) >= 11 is 0. The number of hydrogen-bond donors (Lipinski definition) is 1. The van der Waals surface area contributed by atoms with Crippen LogP contribution in [0.1, 0.15) is 42.8 Å². The van der Waals surface area contributed by atoms with Gasteiger partial charge in [-0.2, -0.15) is 5.10 Å². The van der Waals surface area contributed by atoms with Gasteiger partial charge in [0.2, 0.25) is 0 Å². The van der Waals surface area contributed by atoms with E-state index in [1.54, 1.807) is 0 Å². The molecule has 2 atom stereocenters. The fourth-order valence-corrected chi connectivity index (χ4v) is 3.22. The maximum Gasteiger partial charge on any atom is 0.0644 e. The van der Waals surface area contributed by atoms with Crippen LogP contribution in [0.2, 0.25) is 0 Å². The average molecular weight is 250 g/mol. The molecule has 4 heteroatoms. The quantitative estimate of drug-likeness (QED) is 0.889. The third-order valence-corrected chi connectivity index (χ3v) is 4.41. The lowest BCUT2D eigenvalue weighted by molar-refractivity contribution is 0.134. The zero-order valence-corrected chi connectivity index (χ0v) is 12.1. The van der Waals surface area contributed by atoms with Crippen molar-refractivity contribution in [3.8, 4) is 0 Å². The van der Waals surface area contributed by atoms with Gasteiger partial charge in [-0.15, -0.1) is 0 Å². The maximum atomic E-state index is 5.83. The second-order valence-electron chi connectivity index (χ2n) is 5.62. The third kappa shape index (κ3) is 2.45. The molecule has 0 amide bonds. The second-order valence-corrected chi connectivity index (χ2v) is 5.62. The number of nitrogens with zero attached hydrogens (tertiary/aromatic N) is 3. The zero-order valence-electron chi connectivity index (χ0n) is 12.1. The van der Waals surface area contributed by atoms with Gasteiger partial charge in [0.15, 0.2) is 0 Å². The highest BCUT2D eigenvalue weighted by atomic mass is 15.3. The van der Waals surface area contributed by atoms with Crippen LogP contribution in [0.4, 0.5) is 0 Å². The van der Waals surface area contributed by atoms with E-state index < -0.39 is 0 Å². The van der Waals surface area contributed by atoms with E-state index in [2.05, 4.69) is 30.8 Å². The lowest BCUT2D eigenvalue weighted by Crippen LogP contribution is -2.40. The Morgan fingerprint density at radius 1 is 1.44 bits per heavy atom. The van der Waals surface area contributed by atoms with E-state index in [1.807, 2.05) is 11.7 Å². The van der Waals surface area contributed by atoms with Gasteiger partial charge >= 0.3 is 0 Å². The highest BCUT2D eigenvalue weighted by molar-refractivity contribution is 5.27. The van der Waals surface area contributed by atoms with E-state index in [0.29, 0.717) is 12.0 Å². The van der Waals surface area contributed by atoms with Crippen LogP contribution in [0.3, 0.4) is 0 Å². The van der Waals surface area contributed by atoms with Crippen LogP contribution < -0.4 is 5.73 Å². The van der Waals surface area contributed by atoms with Crippen molar-refractivity contribution in [2.45, 2.75) is 39.7 Å². The van der Waals surface area contributed by atoms with Crippen molar-refractivity contribution in [1.29, 1.82) is 0 Å². The third-order valence-electron chi connectivity index (χ3n) is 4.41. The van der Waals surface area contributed by atoms with Crippen molar-refractivity contribution in [2.24, 2.45) is 18.7 Å². The van der Waals surface area contributed by atoms with Gasteiger partial charge in [0, 0.05) is 30.9 Å². The van der Waals surface area contributed by atoms with Crippen molar-refractivity contribution in [3.63, 3.8) is 0 Å². The van der Waals surface area contributed by atoms with Crippen LogP contribution in [-0.4, -0.2) is 34.3 Å². The molecule has 2 N–H and O–H groups in total. The zero-order chi connectivity index (χ0) is 13.3. The molecular formula is C14H26N4. The molecule has 1 saturated heterocycles. The number of hydrogen-bond acceptors (Lipinski definition) is 3. The van der Waals surface area contributed by atoms with Crippen LogP contribution in [0.5, 0.6) is 0 Å². The smallest absolute Gasteiger partial charge is 0.0644 e. The summed E-state index contributed by atoms with van der Waals surface area (Å²) in [7, 11) is 2.03. The molecule has 0 bridgehead atoms. The molecule has 0 saturated carbocycles. The monoisotopic (exact) mass is 250 g/mol. The van der Waals surface area contributed by atoms with Crippen LogP contribution in [0.25, 0.3) is 0 Å². The van der Waals surface area contributed by atoms with E-state index in [-0.39, 0.29) is 0 Å². The molecule has 4 nitrogen and oxygen atoms in total. The molecule has 1 aliphatic rings. The second kappa shape index (κ2) is 5.41. The predicted octanol–water partition coefficient (Wildman–Crippen LogP) is 1.77. The molecular weight excluding hydrogens is 224 g/mol. The Balaban J connectivity index is 2.17. The molecule has 18 heavy (non-hydrogen) atoms. The van der Waals surface area contributed by atoms with E-state index in [4.69, 9.17) is 5.73 Å². The van der Waals surface area contributed by atoms with Gasteiger partial charge in [-0.3, -0.25) is 9.58 Å². The maximum absolute atomic E-state index is 5.83. The van der Waals surface area contributed by atoms with Gasteiger partial charge in [-0.25, -0.2) is 0 Å². The van der Waals surface area contributed by atoms with Crippen molar-refractivity contribution >= 4 is 0 Å². The first-order chi connectivity index (χ1) is 8.54. The van der Waals surface area contributed by atoms with Gasteiger partial charge in [0.25, 0.3) is 0 Å². The Labute approximate surface area is 110 Å². The normalized spacial score (nSPS) is 23.3. The Hall–Kier alpha value is -0.870. The van der Waals surface area contributed by atoms with E-state index in [1.165, 1.54) is 30.6 Å². The van der Waals surface area contributed by atoms with Gasteiger partial charge < -0.3 is 5.73 Å². The number of rotatable bonds is 3. The number of aromatic nitrogens is 2. The van der Waals surface area contributed by atoms with Crippen molar-refractivity contribution in [2.75, 3.05) is 19.6 Å². The number of nitrogens with two attached hydrogens (primary N) is 1. The van der Waals surface area contributed by atoms with E-state index in [9.17, 15) is 0 Å². The topological polar surface area (TPSA) is 47.1 Å². The summed E-state index contributed by atoms with van der Waals surface area (Å²) in [5, 5.41) is 4.53. The summed E-state index contributed by atoms with van der Waals surface area (Å²) in [6, 6.07) is 0.452. The van der Waals surface area contributed by atoms with Crippen LogP contribution in [0, 0.1) is 19.8 Å². The molecule has 0 radical (unpaired) electrons. The highest BCUT2D eigenvalue weighted by Crippen LogP contribution is 2.29. The van der Waals surface area contributed by atoms with Gasteiger partial charge in [0.05, 0.1) is 5.69 Å². The Morgan fingerprint density at radius 3 is 2.72 bits per heavy atom. The van der Waals surface area contributed by atoms with Gasteiger partial charge in [-0.05, 0) is 52.6 Å². The largest absolute Gasteiger partial charge is 0.330 e. The molecule has 0 spiro atoms. The summed E-state index contributed by atoms with van der Waals surface area (Å²) in [5.41, 5.74) is 9.67. The van der Waals surface area contributed by atoms with Crippen molar-refractivity contribution in [1.82, 2.24) is 14.7 Å². The molecule has 2 unspecified atom stereocenters. The van der Waals surface area contributed by atoms with Crippen LogP contribution in [0.15, 0.2) is 0 Å². The molecule has 1 aromatic heterocycles. The number of likely N-dealkylation sites (tertiary alicyclic amines) is 1. The first-order valence-electron chi connectivity index (χ1n) is 6.98. The molecule has 2 rings (SSSR count). The number of piperidine rings is 1. The first kappa shape index (κ1) is 13.6. The van der Waals surface area contributed by atoms with Crippen molar-refractivity contribution in [3.05, 3.63) is 17.0 Å². The van der Waals surface area contributed by atoms with Crippen LogP contribution in [-0.2, 0) is 7.05 Å².